The summed E-state index contributed by atoms with van der Waals surface area (Å²) >= 11 is 0. The fourth-order valence-corrected chi connectivity index (χ4v) is 2.93. The number of hydrogen-bond donors (Lipinski definition) is 1. The van der Waals surface area contributed by atoms with Crippen molar-refractivity contribution >= 4 is 22.2 Å². The number of anilines is 1. The third-order valence-electron chi connectivity index (χ3n) is 4.09. The molecule has 0 atom stereocenters. The van der Waals surface area contributed by atoms with Crippen molar-refractivity contribution in [3.8, 4) is 0 Å². The third kappa shape index (κ3) is 2.09. The zero-order valence-corrected chi connectivity index (χ0v) is 11.6. The minimum absolute atomic E-state index is 0.0808. The number of fused-ring (bicyclic) bond motifs is 2. The van der Waals surface area contributed by atoms with E-state index < -0.39 is 0 Å². The molecule has 2 nitrogen and oxygen atoms in total. The van der Waals surface area contributed by atoms with Gasteiger partial charge in [0.25, 0.3) is 0 Å². The van der Waals surface area contributed by atoms with Crippen LogP contribution in [0.2, 0.25) is 0 Å². The Morgan fingerprint density at radius 2 is 1.62 bits per heavy atom. The number of carbonyl (C=O) groups is 1. The summed E-state index contributed by atoms with van der Waals surface area (Å²) in [5.74, 6) is 0.0808. The maximum Gasteiger partial charge on any atom is 0.193 e. The highest BCUT2D eigenvalue weighted by Crippen LogP contribution is 2.25. The van der Waals surface area contributed by atoms with Crippen molar-refractivity contribution in [3.63, 3.8) is 0 Å². The van der Waals surface area contributed by atoms with Gasteiger partial charge in [-0.3, -0.25) is 4.79 Å². The lowest BCUT2D eigenvalue weighted by atomic mass is 9.98. The molecule has 0 saturated carbocycles. The smallest absolute Gasteiger partial charge is 0.193 e. The van der Waals surface area contributed by atoms with Gasteiger partial charge in [0.05, 0.1) is 0 Å². The maximum absolute atomic E-state index is 12.7. The normalized spacial score (nSPS) is 13.0. The quantitative estimate of drug-likeness (QED) is 0.714. The van der Waals surface area contributed by atoms with Crippen LogP contribution in [0.1, 0.15) is 21.5 Å². The van der Waals surface area contributed by atoms with E-state index in [9.17, 15) is 4.79 Å². The molecular formula is C19H15NO. The van der Waals surface area contributed by atoms with E-state index in [1.807, 2.05) is 48.5 Å². The fourth-order valence-electron chi connectivity index (χ4n) is 2.93. The molecule has 102 valence electrons. The van der Waals surface area contributed by atoms with Gasteiger partial charge < -0.3 is 5.32 Å². The highest BCUT2D eigenvalue weighted by molar-refractivity contribution is 6.11. The first kappa shape index (κ1) is 12.2. The lowest BCUT2D eigenvalue weighted by Crippen LogP contribution is -2.02. The molecule has 0 radical (unpaired) electrons. The van der Waals surface area contributed by atoms with Crippen molar-refractivity contribution in [1.82, 2.24) is 0 Å². The topological polar surface area (TPSA) is 29.1 Å². The van der Waals surface area contributed by atoms with Crippen LogP contribution >= 0.6 is 0 Å². The van der Waals surface area contributed by atoms with Gasteiger partial charge in [-0.1, -0.05) is 48.5 Å². The molecule has 0 aromatic heterocycles. The Hall–Kier alpha value is -2.61. The van der Waals surface area contributed by atoms with E-state index in [0.717, 1.165) is 40.6 Å². The molecule has 0 bridgehead atoms. The Kier molecular flexibility index (Phi) is 2.74. The summed E-state index contributed by atoms with van der Waals surface area (Å²) in [6, 6.07) is 20.0. The molecule has 3 aromatic rings. The highest BCUT2D eigenvalue weighted by atomic mass is 16.1. The molecule has 1 aliphatic heterocycles. The standard InChI is InChI=1S/C19H15NO/c21-19(17-8-6-14-9-10-20-18(14)12-17)16-7-5-13-3-1-2-4-15(13)11-16/h1-8,11-12,20H,9-10H2. The fraction of sp³-hybridized carbons (Fsp3) is 0.105. The Labute approximate surface area is 123 Å². The first-order chi connectivity index (χ1) is 10.3. The van der Waals surface area contributed by atoms with E-state index in [4.69, 9.17) is 0 Å². The van der Waals surface area contributed by atoms with Crippen molar-refractivity contribution in [2.24, 2.45) is 0 Å². The second-order valence-corrected chi connectivity index (χ2v) is 5.44. The third-order valence-corrected chi connectivity index (χ3v) is 4.09. The largest absolute Gasteiger partial charge is 0.384 e. The van der Waals surface area contributed by atoms with Crippen molar-refractivity contribution in [2.45, 2.75) is 6.42 Å². The van der Waals surface area contributed by atoms with Crippen LogP contribution in [0.15, 0.2) is 60.7 Å². The van der Waals surface area contributed by atoms with Crippen molar-refractivity contribution in [2.75, 3.05) is 11.9 Å². The summed E-state index contributed by atoms with van der Waals surface area (Å²) < 4.78 is 0. The van der Waals surface area contributed by atoms with Gasteiger partial charge in [0.15, 0.2) is 5.78 Å². The van der Waals surface area contributed by atoms with Crippen LogP contribution < -0.4 is 5.32 Å². The Morgan fingerprint density at radius 3 is 2.52 bits per heavy atom. The molecule has 0 spiro atoms. The minimum atomic E-state index is 0.0808. The predicted octanol–water partition coefficient (Wildman–Crippen LogP) is 4.04. The zero-order valence-electron chi connectivity index (χ0n) is 11.6. The average Bonchev–Trinajstić information content (AvgIpc) is 3.01. The van der Waals surface area contributed by atoms with Crippen LogP contribution in [-0.2, 0) is 6.42 Å². The summed E-state index contributed by atoms with van der Waals surface area (Å²) in [6.07, 6.45) is 1.04. The first-order valence-electron chi connectivity index (χ1n) is 7.21. The van der Waals surface area contributed by atoms with Crippen molar-refractivity contribution < 1.29 is 4.79 Å². The molecule has 2 heteroatoms. The van der Waals surface area contributed by atoms with Crippen LogP contribution in [0.3, 0.4) is 0 Å². The van der Waals surface area contributed by atoms with Crippen LogP contribution in [0.5, 0.6) is 0 Å². The van der Waals surface area contributed by atoms with E-state index in [1.165, 1.54) is 5.56 Å². The van der Waals surface area contributed by atoms with Gasteiger partial charge in [0, 0.05) is 23.4 Å². The van der Waals surface area contributed by atoms with Gasteiger partial charge in [0.2, 0.25) is 0 Å². The monoisotopic (exact) mass is 273 g/mol. The molecule has 21 heavy (non-hydrogen) atoms. The first-order valence-corrected chi connectivity index (χ1v) is 7.21. The molecule has 0 saturated heterocycles. The summed E-state index contributed by atoms with van der Waals surface area (Å²) in [7, 11) is 0. The van der Waals surface area contributed by atoms with Crippen LogP contribution in [-0.4, -0.2) is 12.3 Å². The molecule has 4 rings (SSSR count). The van der Waals surface area contributed by atoms with Gasteiger partial charge in [-0.05, 0) is 34.9 Å². The summed E-state index contributed by atoms with van der Waals surface area (Å²) in [5, 5.41) is 5.58. The van der Waals surface area contributed by atoms with Crippen LogP contribution in [0.4, 0.5) is 5.69 Å². The second kappa shape index (κ2) is 4.74. The molecule has 0 fully saturated rings. The number of nitrogens with one attached hydrogen (secondary N) is 1. The van der Waals surface area contributed by atoms with Crippen molar-refractivity contribution in [3.05, 3.63) is 77.4 Å². The molecule has 1 N–H and O–H groups in total. The molecule has 0 aliphatic carbocycles. The predicted molar refractivity (Wildman–Crippen MR) is 86.0 cm³/mol. The van der Waals surface area contributed by atoms with Gasteiger partial charge in [0.1, 0.15) is 0 Å². The summed E-state index contributed by atoms with van der Waals surface area (Å²) in [5.41, 5.74) is 3.89. The summed E-state index contributed by atoms with van der Waals surface area (Å²) in [4.78, 5) is 12.7. The molecular weight excluding hydrogens is 258 g/mol. The number of benzene rings is 3. The number of hydrogen-bond acceptors (Lipinski definition) is 2. The molecule has 0 unspecified atom stereocenters. The highest BCUT2D eigenvalue weighted by Gasteiger charge is 2.14. The van der Waals surface area contributed by atoms with E-state index >= 15 is 0 Å². The maximum atomic E-state index is 12.7. The Balaban J connectivity index is 1.75. The van der Waals surface area contributed by atoms with E-state index in [0.29, 0.717) is 0 Å². The van der Waals surface area contributed by atoms with Crippen LogP contribution in [0, 0.1) is 0 Å². The minimum Gasteiger partial charge on any atom is -0.384 e. The Morgan fingerprint density at radius 1 is 0.857 bits per heavy atom. The van der Waals surface area contributed by atoms with Gasteiger partial charge in [-0.25, -0.2) is 0 Å². The van der Waals surface area contributed by atoms with Crippen molar-refractivity contribution in [1.29, 1.82) is 0 Å². The Bertz CT molecular complexity index is 851. The van der Waals surface area contributed by atoms with E-state index in [2.05, 4.69) is 17.4 Å². The van der Waals surface area contributed by atoms with Gasteiger partial charge in [-0.2, -0.15) is 0 Å². The lowest BCUT2D eigenvalue weighted by Gasteiger charge is -2.06. The second-order valence-electron chi connectivity index (χ2n) is 5.44. The molecule has 1 heterocycles. The number of ketones is 1. The average molecular weight is 273 g/mol. The van der Waals surface area contributed by atoms with Gasteiger partial charge >= 0.3 is 0 Å². The van der Waals surface area contributed by atoms with E-state index in [1.54, 1.807) is 0 Å². The lowest BCUT2D eigenvalue weighted by molar-refractivity contribution is 0.103. The molecule has 0 amide bonds. The SMILES string of the molecule is O=C(c1ccc2c(c1)NCC2)c1ccc2ccccc2c1. The summed E-state index contributed by atoms with van der Waals surface area (Å²) in [6.45, 7) is 0.961. The van der Waals surface area contributed by atoms with Crippen LogP contribution in [0.25, 0.3) is 10.8 Å². The molecule has 3 aromatic carbocycles. The number of rotatable bonds is 2. The molecule has 1 aliphatic rings. The van der Waals surface area contributed by atoms with E-state index in [-0.39, 0.29) is 5.78 Å². The van der Waals surface area contributed by atoms with Gasteiger partial charge in [-0.15, -0.1) is 0 Å². The number of carbonyl (C=O) groups excluding carboxylic acids is 1. The zero-order chi connectivity index (χ0) is 14.2.